The number of nitrogen functional groups attached to an aromatic ring is 1. The van der Waals surface area contributed by atoms with Gasteiger partial charge in [0, 0.05) is 17.2 Å². The number of rotatable bonds is 1. The lowest BCUT2D eigenvalue weighted by molar-refractivity contribution is 1.14. The molecule has 0 atom stereocenters. The molecule has 2 heteroatoms. The third-order valence-corrected chi connectivity index (χ3v) is 2.08. The van der Waals surface area contributed by atoms with Crippen LogP contribution in [0.1, 0.15) is 23.7 Å². The number of anilines is 1. The van der Waals surface area contributed by atoms with E-state index in [1.54, 1.807) is 0 Å². The summed E-state index contributed by atoms with van der Waals surface area (Å²) in [5, 5.41) is 0. The fourth-order valence-corrected chi connectivity index (χ4v) is 1.48. The molecule has 3 N–H and O–H groups in total. The van der Waals surface area contributed by atoms with Crippen molar-refractivity contribution in [3.63, 3.8) is 0 Å². The van der Waals surface area contributed by atoms with Crippen LogP contribution in [0.4, 0.5) is 5.82 Å². The van der Waals surface area contributed by atoms with Gasteiger partial charge in [0.2, 0.25) is 0 Å². The summed E-state index contributed by atoms with van der Waals surface area (Å²) >= 11 is 0. The van der Waals surface area contributed by atoms with Crippen molar-refractivity contribution < 1.29 is 0 Å². The summed E-state index contributed by atoms with van der Waals surface area (Å²) in [4.78, 5) is 3.10. The Morgan fingerprint density at radius 3 is 2.92 bits per heavy atom. The second-order valence-electron chi connectivity index (χ2n) is 2.78. The van der Waals surface area contributed by atoms with E-state index in [0.717, 1.165) is 23.5 Å². The molecular formula is C10H10N2. The average Bonchev–Trinajstić information content (AvgIpc) is 2.40. The molecule has 0 aliphatic heterocycles. The van der Waals surface area contributed by atoms with Crippen molar-refractivity contribution >= 4 is 18.0 Å². The van der Waals surface area contributed by atoms with Gasteiger partial charge in [-0.3, -0.25) is 0 Å². The van der Waals surface area contributed by atoms with Gasteiger partial charge in [-0.05, 0) is 12.5 Å². The van der Waals surface area contributed by atoms with Crippen LogP contribution in [0.2, 0.25) is 0 Å². The molecule has 0 spiro atoms. The van der Waals surface area contributed by atoms with Crippen molar-refractivity contribution in [1.82, 2.24) is 4.98 Å². The van der Waals surface area contributed by atoms with Crippen LogP contribution in [0.3, 0.4) is 0 Å². The number of hydrogen-bond acceptors (Lipinski definition) is 1. The first-order valence-corrected chi connectivity index (χ1v) is 4.00. The predicted octanol–water partition coefficient (Wildman–Crippen LogP) is 1.95. The third kappa shape index (κ3) is 0.835. The van der Waals surface area contributed by atoms with Crippen LogP contribution in [0.15, 0.2) is 11.5 Å². The smallest absolute Gasteiger partial charge is 0.104 e. The van der Waals surface area contributed by atoms with Gasteiger partial charge in [-0.2, -0.15) is 0 Å². The van der Waals surface area contributed by atoms with E-state index in [1.807, 2.05) is 12.2 Å². The molecule has 2 nitrogen and oxygen atoms in total. The Morgan fingerprint density at radius 2 is 2.17 bits per heavy atom. The zero-order valence-electron chi connectivity index (χ0n) is 6.94. The van der Waals surface area contributed by atoms with Gasteiger partial charge < -0.3 is 10.7 Å². The molecule has 0 bridgehead atoms. The molecule has 0 saturated carbocycles. The zero-order chi connectivity index (χ0) is 8.55. The monoisotopic (exact) mass is 158 g/mol. The van der Waals surface area contributed by atoms with E-state index < -0.39 is 0 Å². The fourth-order valence-electron chi connectivity index (χ4n) is 1.48. The van der Waals surface area contributed by atoms with Crippen LogP contribution in [0.25, 0.3) is 12.2 Å². The number of aromatic nitrogens is 1. The number of H-pyrrole nitrogens is 1. The minimum Gasteiger partial charge on any atom is -0.385 e. The summed E-state index contributed by atoms with van der Waals surface area (Å²) in [6, 6.07) is 0. The second kappa shape index (κ2) is 2.46. The summed E-state index contributed by atoms with van der Waals surface area (Å²) in [6.07, 6.45) is 4.73. The Hall–Kier alpha value is -1.62. The Kier molecular flexibility index (Phi) is 1.44. The number of aromatic amines is 1. The zero-order valence-corrected chi connectivity index (χ0v) is 6.94. The third-order valence-electron chi connectivity index (χ3n) is 2.08. The minimum atomic E-state index is 0.764. The summed E-state index contributed by atoms with van der Waals surface area (Å²) < 4.78 is 0. The lowest BCUT2D eigenvalue weighted by Gasteiger charge is -1.96. The van der Waals surface area contributed by atoms with Gasteiger partial charge in [0.15, 0.2) is 0 Å². The van der Waals surface area contributed by atoms with Crippen molar-refractivity contribution in [2.75, 3.05) is 5.73 Å². The molecule has 0 unspecified atom stereocenters. The van der Waals surface area contributed by atoms with Crippen LogP contribution < -0.4 is 5.73 Å². The summed E-state index contributed by atoms with van der Waals surface area (Å²) in [7, 11) is 0. The normalized spacial score (nSPS) is 12.1. The van der Waals surface area contributed by atoms with Gasteiger partial charge in [-0.15, -0.1) is 0 Å². The van der Waals surface area contributed by atoms with Gasteiger partial charge in [0.25, 0.3) is 0 Å². The summed E-state index contributed by atoms with van der Waals surface area (Å²) in [5.41, 5.74) is 15.0. The maximum Gasteiger partial charge on any atom is 0.104 e. The quantitative estimate of drug-likeness (QED) is 0.612. The van der Waals surface area contributed by atoms with E-state index in [-0.39, 0.29) is 0 Å². The van der Waals surface area contributed by atoms with Crippen LogP contribution in [0.5, 0.6) is 0 Å². The number of nitrogens with one attached hydrogen (secondary N) is 1. The lowest BCUT2D eigenvalue weighted by Crippen LogP contribution is -1.90. The molecule has 12 heavy (non-hydrogen) atoms. The highest BCUT2D eigenvalue weighted by Gasteiger charge is 2.10. The van der Waals surface area contributed by atoms with Gasteiger partial charge in [0.1, 0.15) is 5.82 Å². The molecule has 0 radical (unpaired) electrons. The van der Waals surface area contributed by atoms with Crippen molar-refractivity contribution in [3.05, 3.63) is 28.3 Å². The maximum absolute atomic E-state index is 5.78. The van der Waals surface area contributed by atoms with Crippen molar-refractivity contribution in [2.45, 2.75) is 13.3 Å². The molecule has 1 aliphatic carbocycles. The average molecular weight is 158 g/mol. The standard InChI is InChI=1S/C10H10N2/c1-2-7-8-5-3-4-6-9(8)12-10(7)11/h5-6,12H,2,11H2,1H3. The minimum absolute atomic E-state index is 0.764. The first-order valence-electron chi connectivity index (χ1n) is 4.00. The van der Waals surface area contributed by atoms with E-state index in [9.17, 15) is 0 Å². The largest absolute Gasteiger partial charge is 0.385 e. The Balaban J connectivity index is 2.69. The first kappa shape index (κ1) is 7.05. The Morgan fingerprint density at radius 1 is 1.42 bits per heavy atom. The van der Waals surface area contributed by atoms with E-state index in [1.165, 1.54) is 5.56 Å². The fraction of sp³-hybridized carbons (Fsp3) is 0.200. The molecule has 1 heterocycles. The second-order valence-corrected chi connectivity index (χ2v) is 2.78. The van der Waals surface area contributed by atoms with E-state index >= 15 is 0 Å². The van der Waals surface area contributed by atoms with Crippen molar-refractivity contribution in [2.24, 2.45) is 0 Å². The molecular weight excluding hydrogens is 148 g/mol. The highest BCUT2D eigenvalue weighted by atomic mass is 14.9. The molecule has 0 fully saturated rings. The lowest BCUT2D eigenvalue weighted by atomic mass is 10.1. The van der Waals surface area contributed by atoms with Gasteiger partial charge in [0.05, 0.1) is 5.69 Å². The van der Waals surface area contributed by atoms with Crippen molar-refractivity contribution in [1.29, 1.82) is 0 Å². The van der Waals surface area contributed by atoms with Gasteiger partial charge in [-0.25, -0.2) is 0 Å². The molecule has 0 saturated heterocycles. The van der Waals surface area contributed by atoms with Crippen molar-refractivity contribution in [3.8, 4) is 0 Å². The van der Waals surface area contributed by atoms with Crippen LogP contribution in [-0.4, -0.2) is 4.98 Å². The highest BCUT2D eigenvalue weighted by Crippen LogP contribution is 2.24. The van der Waals surface area contributed by atoms with E-state index in [2.05, 4.69) is 23.4 Å². The van der Waals surface area contributed by atoms with Gasteiger partial charge >= 0.3 is 0 Å². The Labute approximate surface area is 71.1 Å². The first-order chi connectivity index (χ1) is 5.83. The molecule has 0 amide bonds. The maximum atomic E-state index is 5.78. The van der Waals surface area contributed by atoms with E-state index in [0.29, 0.717) is 0 Å². The molecule has 60 valence electrons. The summed E-state index contributed by atoms with van der Waals surface area (Å²) in [5.74, 6) is 0.764. The van der Waals surface area contributed by atoms with Gasteiger partial charge in [-0.1, -0.05) is 18.4 Å². The topological polar surface area (TPSA) is 41.8 Å². The molecule has 1 aromatic rings. The van der Waals surface area contributed by atoms with E-state index in [4.69, 9.17) is 5.73 Å². The number of nitrogens with two attached hydrogens (primary N) is 1. The van der Waals surface area contributed by atoms with Crippen LogP contribution >= 0.6 is 0 Å². The predicted molar refractivity (Wildman–Crippen MR) is 50.5 cm³/mol. The number of fused-ring (bicyclic) bond motifs is 1. The van der Waals surface area contributed by atoms with Crippen LogP contribution in [0, 0.1) is 0 Å². The molecule has 0 aromatic carbocycles. The van der Waals surface area contributed by atoms with Crippen LogP contribution in [-0.2, 0) is 6.42 Å². The Bertz CT molecular complexity index is 411. The summed E-state index contributed by atoms with van der Waals surface area (Å²) in [6.45, 7) is 2.09. The number of hydrogen-bond donors (Lipinski definition) is 2. The molecule has 2 rings (SSSR count). The molecule has 1 aliphatic rings. The molecule has 1 aromatic heterocycles. The SMILES string of the molecule is CCc1c(N)[nH]c2c1C=C=C=C2. The highest BCUT2D eigenvalue weighted by molar-refractivity contribution is 5.73.